The molecular formula is C14H25NO2S. The fourth-order valence-corrected chi connectivity index (χ4v) is 2.45. The van der Waals surface area contributed by atoms with Gasteiger partial charge in [-0.2, -0.15) is 0 Å². The van der Waals surface area contributed by atoms with Crippen molar-refractivity contribution < 1.29 is 9.47 Å². The highest BCUT2D eigenvalue weighted by atomic mass is 32.1. The number of hydrogen-bond acceptors (Lipinski definition) is 4. The molecule has 104 valence electrons. The van der Waals surface area contributed by atoms with Crippen molar-refractivity contribution in [3.63, 3.8) is 0 Å². The molecule has 0 fully saturated rings. The zero-order chi connectivity index (χ0) is 13.1. The number of nitrogens with one attached hydrogen (secondary N) is 1. The molecule has 0 bridgehead atoms. The summed E-state index contributed by atoms with van der Waals surface area (Å²) in [5.41, 5.74) is 0. The van der Waals surface area contributed by atoms with Crippen LogP contribution < -0.4 is 5.32 Å². The molecule has 0 aliphatic carbocycles. The summed E-state index contributed by atoms with van der Waals surface area (Å²) in [6, 6.07) is 4.33. The van der Waals surface area contributed by atoms with Crippen molar-refractivity contribution in [2.24, 2.45) is 0 Å². The molecule has 0 radical (unpaired) electrons. The van der Waals surface area contributed by atoms with E-state index in [1.165, 1.54) is 16.2 Å². The maximum absolute atomic E-state index is 5.57. The summed E-state index contributed by atoms with van der Waals surface area (Å²) in [5.74, 6) is 0. The molecule has 18 heavy (non-hydrogen) atoms. The van der Waals surface area contributed by atoms with Crippen LogP contribution in [0.5, 0.6) is 0 Å². The Labute approximate surface area is 114 Å². The van der Waals surface area contributed by atoms with Crippen LogP contribution in [0, 0.1) is 0 Å². The first-order chi connectivity index (χ1) is 8.86. The van der Waals surface area contributed by atoms with Crippen LogP contribution in [0.2, 0.25) is 0 Å². The summed E-state index contributed by atoms with van der Waals surface area (Å²) in [5, 5.41) is 3.40. The Morgan fingerprint density at radius 3 is 2.56 bits per heavy atom. The fraction of sp³-hybridized carbons (Fsp3) is 0.714. The molecule has 3 nitrogen and oxygen atoms in total. The standard InChI is InChI=1S/C14H25NO2S/c1-3-7-15-11-13-5-6-14(18-13)12-17-10-9-16-8-4-2/h5-6,15H,3-4,7-12H2,1-2H3. The van der Waals surface area contributed by atoms with Gasteiger partial charge in [0.25, 0.3) is 0 Å². The quantitative estimate of drug-likeness (QED) is 0.627. The highest BCUT2D eigenvalue weighted by Gasteiger charge is 2.00. The molecule has 1 heterocycles. The van der Waals surface area contributed by atoms with Gasteiger partial charge in [0.2, 0.25) is 0 Å². The summed E-state index contributed by atoms with van der Waals surface area (Å²) in [6.45, 7) is 9.26. The summed E-state index contributed by atoms with van der Waals surface area (Å²) in [7, 11) is 0. The Morgan fingerprint density at radius 2 is 1.78 bits per heavy atom. The number of rotatable bonds is 11. The third kappa shape index (κ3) is 7.11. The average Bonchev–Trinajstić information content (AvgIpc) is 2.82. The van der Waals surface area contributed by atoms with Crippen LogP contribution in [0.15, 0.2) is 12.1 Å². The Kier molecular flexibility index (Phi) is 9.12. The fourth-order valence-electron chi connectivity index (χ4n) is 1.52. The molecule has 1 N–H and O–H groups in total. The van der Waals surface area contributed by atoms with Crippen LogP contribution in [-0.2, 0) is 22.6 Å². The molecule has 0 aliphatic heterocycles. The number of ether oxygens (including phenoxy) is 2. The molecule has 1 aromatic rings. The molecular weight excluding hydrogens is 246 g/mol. The SMILES string of the molecule is CCCNCc1ccc(COCCOCCC)s1. The van der Waals surface area contributed by atoms with Crippen LogP contribution in [0.3, 0.4) is 0 Å². The largest absolute Gasteiger partial charge is 0.379 e. The molecule has 1 aromatic heterocycles. The second kappa shape index (κ2) is 10.5. The molecule has 0 unspecified atom stereocenters. The van der Waals surface area contributed by atoms with E-state index in [9.17, 15) is 0 Å². The van der Waals surface area contributed by atoms with Gasteiger partial charge in [0, 0.05) is 22.9 Å². The van der Waals surface area contributed by atoms with E-state index in [0.29, 0.717) is 19.8 Å². The summed E-state index contributed by atoms with van der Waals surface area (Å²) < 4.78 is 10.9. The van der Waals surface area contributed by atoms with Crippen molar-refractivity contribution >= 4 is 11.3 Å². The monoisotopic (exact) mass is 271 g/mol. The smallest absolute Gasteiger partial charge is 0.0810 e. The van der Waals surface area contributed by atoms with E-state index in [2.05, 4.69) is 31.3 Å². The molecule has 1 rings (SSSR count). The van der Waals surface area contributed by atoms with Crippen LogP contribution in [0.4, 0.5) is 0 Å². The Balaban J connectivity index is 2.07. The van der Waals surface area contributed by atoms with Gasteiger partial charge in [-0.05, 0) is 31.5 Å². The zero-order valence-corrected chi connectivity index (χ0v) is 12.4. The first kappa shape index (κ1) is 15.6. The van der Waals surface area contributed by atoms with Crippen LogP contribution >= 0.6 is 11.3 Å². The number of hydrogen-bond donors (Lipinski definition) is 1. The van der Waals surface area contributed by atoms with Gasteiger partial charge >= 0.3 is 0 Å². The molecule has 0 spiro atoms. The molecule has 4 heteroatoms. The maximum atomic E-state index is 5.57. The Hall–Kier alpha value is -0.420. The molecule has 0 amide bonds. The van der Waals surface area contributed by atoms with Gasteiger partial charge in [-0.15, -0.1) is 11.3 Å². The van der Waals surface area contributed by atoms with Gasteiger partial charge in [-0.25, -0.2) is 0 Å². The van der Waals surface area contributed by atoms with Crippen molar-refractivity contribution in [2.75, 3.05) is 26.4 Å². The number of thiophene rings is 1. The lowest BCUT2D eigenvalue weighted by Gasteiger charge is -2.03. The summed E-state index contributed by atoms with van der Waals surface area (Å²) in [6.07, 6.45) is 2.25. The van der Waals surface area contributed by atoms with Crippen molar-refractivity contribution in [3.8, 4) is 0 Å². The summed E-state index contributed by atoms with van der Waals surface area (Å²) >= 11 is 1.82. The van der Waals surface area contributed by atoms with E-state index < -0.39 is 0 Å². The second-order valence-corrected chi connectivity index (χ2v) is 5.46. The Bertz CT molecular complexity index is 302. The second-order valence-electron chi connectivity index (χ2n) is 4.21. The third-order valence-corrected chi connectivity index (χ3v) is 3.47. The lowest BCUT2D eigenvalue weighted by atomic mass is 10.4. The minimum Gasteiger partial charge on any atom is -0.379 e. The third-order valence-electron chi connectivity index (χ3n) is 2.41. The lowest BCUT2D eigenvalue weighted by molar-refractivity contribution is 0.0417. The predicted octanol–water partition coefficient (Wildman–Crippen LogP) is 3.19. The van der Waals surface area contributed by atoms with Gasteiger partial charge in [0.05, 0.1) is 19.8 Å². The lowest BCUT2D eigenvalue weighted by Crippen LogP contribution is -2.12. The van der Waals surface area contributed by atoms with E-state index in [0.717, 1.165) is 26.1 Å². The van der Waals surface area contributed by atoms with Crippen LogP contribution in [0.25, 0.3) is 0 Å². The van der Waals surface area contributed by atoms with E-state index in [4.69, 9.17) is 9.47 Å². The van der Waals surface area contributed by atoms with Crippen LogP contribution in [-0.4, -0.2) is 26.4 Å². The highest BCUT2D eigenvalue weighted by Crippen LogP contribution is 2.17. The van der Waals surface area contributed by atoms with E-state index >= 15 is 0 Å². The van der Waals surface area contributed by atoms with E-state index in [1.54, 1.807) is 0 Å². The van der Waals surface area contributed by atoms with Gasteiger partial charge in [-0.3, -0.25) is 0 Å². The average molecular weight is 271 g/mol. The molecule has 0 saturated carbocycles. The van der Waals surface area contributed by atoms with Crippen molar-refractivity contribution in [1.29, 1.82) is 0 Å². The van der Waals surface area contributed by atoms with E-state index in [1.807, 2.05) is 11.3 Å². The normalized spacial score (nSPS) is 11.0. The van der Waals surface area contributed by atoms with Gasteiger partial charge in [0.1, 0.15) is 0 Å². The van der Waals surface area contributed by atoms with Gasteiger partial charge in [-0.1, -0.05) is 13.8 Å². The van der Waals surface area contributed by atoms with E-state index in [-0.39, 0.29) is 0 Å². The van der Waals surface area contributed by atoms with Crippen LogP contribution in [0.1, 0.15) is 36.4 Å². The summed E-state index contributed by atoms with van der Waals surface area (Å²) in [4.78, 5) is 2.67. The first-order valence-electron chi connectivity index (χ1n) is 6.80. The van der Waals surface area contributed by atoms with Crippen molar-refractivity contribution in [2.45, 2.75) is 39.8 Å². The van der Waals surface area contributed by atoms with Gasteiger partial charge < -0.3 is 14.8 Å². The van der Waals surface area contributed by atoms with Crippen molar-refractivity contribution in [3.05, 3.63) is 21.9 Å². The van der Waals surface area contributed by atoms with Crippen molar-refractivity contribution in [1.82, 2.24) is 5.32 Å². The molecule has 0 aromatic carbocycles. The molecule has 0 aliphatic rings. The highest BCUT2D eigenvalue weighted by molar-refractivity contribution is 7.11. The molecule has 0 saturated heterocycles. The predicted molar refractivity (Wildman–Crippen MR) is 77.1 cm³/mol. The minimum absolute atomic E-state index is 0.682. The maximum Gasteiger partial charge on any atom is 0.0810 e. The Morgan fingerprint density at radius 1 is 1.00 bits per heavy atom. The minimum atomic E-state index is 0.682. The topological polar surface area (TPSA) is 30.5 Å². The molecule has 0 atom stereocenters. The zero-order valence-electron chi connectivity index (χ0n) is 11.5. The first-order valence-corrected chi connectivity index (χ1v) is 7.62. The van der Waals surface area contributed by atoms with Gasteiger partial charge in [0.15, 0.2) is 0 Å².